The fraction of sp³-hybridized carbons (Fsp3) is 0.375. The fourth-order valence-corrected chi connectivity index (χ4v) is 5.38. The van der Waals surface area contributed by atoms with Crippen LogP contribution in [0.15, 0.2) is 41.6 Å². The molecule has 0 aliphatic carbocycles. The Labute approximate surface area is 187 Å². The molecule has 0 radical (unpaired) electrons. The summed E-state index contributed by atoms with van der Waals surface area (Å²) in [5.41, 5.74) is 6.79. The number of aromatic amines is 1. The van der Waals surface area contributed by atoms with Gasteiger partial charge in [0, 0.05) is 35.0 Å². The molecule has 0 spiro atoms. The molecular formula is C24H27ClN2O2S. The SMILES string of the molecule is COc1c(Cc2ccccc2)cc2[nH]c(C)c(CCON=C3CCSCC3)c2c1Cl. The van der Waals surface area contributed by atoms with E-state index in [4.69, 9.17) is 21.2 Å². The number of aryl methyl sites for hydroxylation is 1. The average molecular weight is 443 g/mol. The molecular weight excluding hydrogens is 416 g/mol. The number of nitrogens with one attached hydrogen (secondary N) is 1. The number of rotatable bonds is 7. The highest BCUT2D eigenvalue weighted by molar-refractivity contribution is 7.99. The molecule has 1 aromatic heterocycles. The molecule has 0 amide bonds. The van der Waals surface area contributed by atoms with Crippen LogP contribution in [0.2, 0.25) is 5.02 Å². The van der Waals surface area contributed by atoms with Crippen molar-refractivity contribution in [3.63, 3.8) is 0 Å². The summed E-state index contributed by atoms with van der Waals surface area (Å²) >= 11 is 8.83. The highest BCUT2D eigenvalue weighted by atomic mass is 35.5. The smallest absolute Gasteiger partial charge is 0.141 e. The van der Waals surface area contributed by atoms with Crippen LogP contribution in [0, 0.1) is 6.92 Å². The first-order valence-electron chi connectivity index (χ1n) is 10.3. The number of H-pyrrole nitrogens is 1. The van der Waals surface area contributed by atoms with Crippen molar-refractivity contribution in [3.8, 4) is 5.75 Å². The summed E-state index contributed by atoms with van der Waals surface area (Å²) in [4.78, 5) is 9.14. The van der Waals surface area contributed by atoms with Gasteiger partial charge in [0.15, 0.2) is 0 Å². The van der Waals surface area contributed by atoms with Crippen LogP contribution in [0.4, 0.5) is 0 Å². The second-order valence-corrected chi connectivity index (χ2v) is 9.15. The Hall–Kier alpha value is -2.11. The molecule has 0 saturated carbocycles. The van der Waals surface area contributed by atoms with Gasteiger partial charge in [-0.3, -0.25) is 0 Å². The molecule has 0 atom stereocenters. The fourth-order valence-electron chi connectivity index (χ4n) is 4.01. The van der Waals surface area contributed by atoms with E-state index in [2.05, 4.69) is 35.3 Å². The van der Waals surface area contributed by atoms with Crippen molar-refractivity contribution in [2.45, 2.75) is 32.6 Å². The van der Waals surface area contributed by atoms with E-state index in [0.29, 0.717) is 11.6 Å². The predicted molar refractivity (Wildman–Crippen MR) is 127 cm³/mol. The van der Waals surface area contributed by atoms with Crippen LogP contribution >= 0.6 is 23.4 Å². The molecule has 6 heteroatoms. The van der Waals surface area contributed by atoms with Crippen LogP contribution < -0.4 is 4.74 Å². The Morgan fingerprint density at radius 1 is 1.17 bits per heavy atom. The zero-order chi connectivity index (χ0) is 20.9. The van der Waals surface area contributed by atoms with Gasteiger partial charge in [-0.05, 0) is 48.5 Å². The maximum absolute atomic E-state index is 6.85. The van der Waals surface area contributed by atoms with Crippen LogP contribution in [0.25, 0.3) is 10.9 Å². The van der Waals surface area contributed by atoms with Crippen molar-refractivity contribution in [3.05, 3.63) is 63.8 Å². The number of nitrogens with zero attached hydrogens (tertiary/aromatic N) is 1. The molecule has 4 rings (SSSR count). The maximum atomic E-state index is 6.85. The van der Waals surface area contributed by atoms with Gasteiger partial charge in [0.05, 0.1) is 17.8 Å². The van der Waals surface area contributed by atoms with Crippen LogP contribution in [0.1, 0.15) is 35.2 Å². The number of hydrogen-bond donors (Lipinski definition) is 1. The van der Waals surface area contributed by atoms with Crippen LogP contribution in [0.5, 0.6) is 5.75 Å². The van der Waals surface area contributed by atoms with Gasteiger partial charge in [0.1, 0.15) is 12.4 Å². The van der Waals surface area contributed by atoms with Gasteiger partial charge in [0.2, 0.25) is 0 Å². The Kier molecular flexibility index (Phi) is 6.90. The number of aromatic nitrogens is 1. The standard InChI is InChI=1S/C24H27ClN2O2S/c1-16-20(8-11-29-27-19-9-12-30-13-10-19)22-21(26-16)15-18(24(28-2)23(22)25)14-17-6-4-3-5-7-17/h3-7,15,26H,8-14H2,1-2H3. The lowest BCUT2D eigenvalue weighted by atomic mass is 10.0. The number of benzene rings is 2. The Balaban J connectivity index is 1.57. The van der Waals surface area contributed by atoms with Gasteiger partial charge in [-0.25, -0.2) is 0 Å². The van der Waals surface area contributed by atoms with Gasteiger partial charge in [-0.15, -0.1) is 0 Å². The zero-order valence-corrected chi connectivity index (χ0v) is 19.0. The summed E-state index contributed by atoms with van der Waals surface area (Å²) in [7, 11) is 1.68. The number of methoxy groups -OCH3 is 1. The monoisotopic (exact) mass is 442 g/mol. The lowest BCUT2D eigenvalue weighted by Crippen LogP contribution is -2.09. The Morgan fingerprint density at radius 2 is 1.93 bits per heavy atom. The molecule has 2 heterocycles. The average Bonchev–Trinajstić information content (AvgIpc) is 3.08. The molecule has 158 valence electrons. The molecule has 1 aliphatic heterocycles. The summed E-state index contributed by atoms with van der Waals surface area (Å²) in [5.74, 6) is 3.03. The van der Waals surface area contributed by atoms with E-state index in [0.717, 1.165) is 65.1 Å². The third-order valence-electron chi connectivity index (χ3n) is 5.52. The number of hydrogen-bond acceptors (Lipinski definition) is 4. The highest BCUT2D eigenvalue weighted by Crippen LogP contribution is 2.40. The molecule has 4 nitrogen and oxygen atoms in total. The van der Waals surface area contributed by atoms with E-state index in [1.165, 1.54) is 16.8 Å². The summed E-state index contributed by atoms with van der Waals surface area (Å²) < 4.78 is 5.72. The highest BCUT2D eigenvalue weighted by Gasteiger charge is 2.19. The van der Waals surface area contributed by atoms with E-state index in [9.17, 15) is 0 Å². The molecule has 1 aliphatic rings. The van der Waals surface area contributed by atoms with Crippen LogP contribution in [-0.4, -0.2) is 35.9 Å². The number of ether oxygens (including phenoxy) is 1. The molecule has 30 heavy (non-hydrogen) atoms. The van der Waals surface area contributed by atoms with Crippen molar-refractivity contribution in [2.24, 2.45) is 5.16 Å². The molecule has 2 aromatic carbocycles. The van der Waals surface area contributed by atoms with Crippen molar-refractivity contribution in [2.75, 3.05) is 25.2 Å². The van der Waals surface area contributed by atoms with Gasteiger partial charge < -0.3 is 14.6 Å². The second kappa shape index (κ2) is 9.80. The van der Waals surface area contributed by atoms with E-state index < -0.39 is 0 Å². The van der Waals surface area contributed by atoms with Crippen molar-refractivity contribution < 1.29 is 9.57 Å². The zero-order valence-electron chi connectivity index (χ0n) is 17.5. The quantitative estimate of drug-likeness (QED) is 0.351. The number of fused-ring (bicyclic) bond motifs is 1. The topological polar surface area (TPSA) is 46.6 Å². The molecule has 1 fully saturated rings. The maximum Gasteiger partial charge on any atom is 0.141 e. The summed E-state index contributed by atoms with van der Waals surface area (Å²) in [5, 5.41) is 6.03. The van der Waals surface area contributed by atoms with Crippen molar-refractivity contribution in [1.82, 2.24) is 4.98 Å². The minimum Gasteiger partial charge on any atom is -0.495 e. The lowest BCUT2D eigenvalue weighted by Gasteiger charge is -2.13. The predicted octanol–water partition coefficient (Wildman–Crippen LogP) is 6.17. The largest absolute Gasteiger partial charge is 0.495 e. The van der Waals surface area contributed by atoms with Crippen LogP contribution in [-0.2, 0) is 17.7 Å². The van der Waals surface area contributed by atoms with Crippen molar-refractivity contribution in [1.29, 1.82) is 0 Å². The number of oxime groups is 1. The van der Waals surface area contributed by atoms with E-state index in [-0.39, 0.29) is 0 Å². The van der Waals surface area contributed by atoms with E-state index in [1.54, 1.807) is 7.11 Å². The first-order chi connectivity index (χ1) is 14.7. The Bertz CT molecular complexity index is 1040. The molecule has 1 N–H and O–H groups in total. The normalized spacial score (nSPS) is 14.2. The van der Waals surface area contributed by atoms with Crippen LogP contribution in [0.3, 0.4) is 0 Å². The van der Waals surface area contributed by atoms with Crippen molar-refractivity contribution >= 4 is 40.0 Å². The van der Waals surface area contributed by atoms with Gasteiger partial charge >= 0.3 is 0 Å². The van der Waals surface area contributed by atoms with Gasteiger partial charge in [-0.1, -0.05) is 47.1 Å². The molecule has 1 saturated heterocycles. The molecule has 0 unspecified atom stereocenters. The first kappa shape index (κ1) is 21.1. The second-order valence-electron chi connectivity index (χ2n) is 7.55. The Morgan fingerprint density at radius 3 is 2.67 bits per heavy atom. The van der Waals surface area contributed by atoms with Gasteiger partial charge in [0.25, 0.3) is 0 Å². The van der Waals surface area contributed by atoms with E-state index in [1.807, 2.05) is 30.0 Å². The minimum atomic E-state index is 0.537. The minimum absolute atomic E-state index is 0.537. The molecule has 0 bridgehead atoms. The lowest BCUT2D eigenvalue weighted by molar-refractivity contribution is 0.146. The summed E-state index contributed by atoms with van der Waals surface area (Å²) in [6.07, 6.45) is 3.58. The first-order valence-corrected chi connectivity index (χ1v) is 11.9. The number of halogens is 1. The van der Waals surface area contributed by atoms with Gasteiger partial charge in [-0.2, -0.15) is 11.8 Å². The number of thioether (sulfide) groups is 1. The van der Waals surface area contributed by atoms with E-state index >= 15 is 0 Å². The third kappa shape index (κ3) is 4.62. The molecule has 3 aromatic rings. The summed E-state index contributed by atoms with van der Waals surface area (Å²) in [6.45, 7) is 2.62. The third-order valence-corrected chi connectivity index (χ3v) is 6.87. The summed E-state index contributed by atoms with van der Waals surface area (Å²) in [6, 6.07) is 12.5.